The number of amides is 1. The van der Waals surface area contributed by atoms with Crippen LogP contribution in [0.1, 0.15) is 38.6 Å². The average molecular weight is 399 g/mol. The van der Waals surface area contributed by atoms with E-state index < -0.39 is 0 Å². The summed E-state index contributed by atoms with van der Waals surface area (Å²) in [5.74, 6) is -0.193. The maximum Gasteiger partial charge on any atom is 0.259 e. The Bertz CT molecular complexity index is 1230. The van der Waals surface area contributed by atoms with Gasteiger partial charge in [-0.3, -0.25) is 4.79 Å². The molecule has 0 radical (unpaired) electrons. The Morgan fingerprint density at radius 2 is 1.57 bits per heavy atom. The molecule has 2 aromatic heterocycles. The Hall–Kier alpha value is -3.67. The molecule has 0 saturated heterocycles. The van der Waals surface area contributed by atoms with Crippen LogP contribution in [-0.4, -0.2) is 25.5 Å². The minimum atomic E-state index is -0.193. The third-order valence-corrected chi connectivity index (χ3v) is 5.31. The smallest absolute Gasteiger partial charge is 0.259 e. The summed E-state index contributed by atoms with van der Waals surface area (Å²) in [5.41, 5.74) is 7.94. The molecule has 0 saturated carbocycles. The molecule has 0 atom stereocenters. The molecule has 6 heteroatoms. The van der Waals surface area contributed by atoms with Crippen LogP contribution in [0.25, 0.3) is 11.4 Å². The van der Waals surface area contributed by atoms with Gasteiger partial charge in [0, 0.05) is 0 Å². The molecular weight excluding hydrogens is 374 g/mol. The van der Waals surface area contributed by atoms with Crippen LogP contribution in [-0.2, 0) is 0 Å². The zero-order valence-electron chi connectivity index (χ0n) is 17.9. The molecule has 0 aliphatic heterocycles. The number of aryl methyl sites for hydroxylation is 3. The molecule has 2 aromatic carbocycles. The topological polar surface area (TPSA) is 64.7 Å². The first kappa shape index (κ1) is 19.6. The molecule has 2 heterocycles. The van der Waals surface area contributed by atoms with E-state index in [0.29, 0.717) is 5.56 Å². The maximum absolute atomic E-state index is 13.0. The highest BCUT2D eigenvalue weighted by Gasteiger charge is 2.20. The normalized spacial score (nSPS) is 11.0. The first-order valence-corrected chi connectivity index (χ1v) is 9.91. The van der Waals surface area contributed by atoms with Crippen LogP contribution in [0, 0.1) is 34.6 Å². The van der Waals surface area contributed by atoms with Crippen molar-refractivity contribution in [2.45, 2.75) is 34.6 Å². The lowest BCUT2D eigenvalue weighted by atomic mass is 10.2. The average Bonchev–Trinajstić information content (AvgIpc) is 3.23. The van der Waals surface area contributed by atoms with Crippen LogP contribution in [0.4, 0.5) is 5.69 Å². The van der Waals surface area contributed by atoms with Crippen LogP contribution in [0.5, 0.6) is 0 Å². The Kier molecular flexibility index (Phi) is 4.99. The van der Waals surface area contributed by atoms with Gasteiger partial charge in [-0.25, -0.2) is 9.36 Å². The highest BCUT2D eigenvalue weighted by molar-refractivity contribution is 6.05. The van der Waals surface area contributed by atoms with Crippen LogP contribution in [0.3, 0.4) is 0 Å². The molecule has 0 spiro atoms. The number of aromatic nitrogens is 4. The highest BCUT2D eigenvalue weighted by Crippen LogP contribution is 2.24. The number of hydrogen-bond donors (Lipinski definition) is 1. The lowest BCUT2D eigenvalue weighted by molar-refractivity contribution is 0.102. The standard InChI is InChI=1S/C24H25N5O/c1-15-9-11-20(12-10-15)29-19(5)23(17(3)27-29)26-24(30)22-14-25-28(18(22)4)21-8-6-7-16(2)13-21/h6-14H,1-5H3,(H,26,30). The first-order valence-electron chi connectivity index (χ1n) is 9.91. The van der Waals surface area contributed by atoms with Crippen molar-refractivity contribution < 1.29 is 4.79 Å². The molecule has 0 bridgehead atoms. The van der Waals surface area contributed by atoms with Gasteiger partial charge < -0.3 is 5.32 Å². The van der Waals surface area contributed by atoms with Gasteiger partial charge in [0.25, 0.3) is 5.91 Å². The van der Waals surface area contributed by atoms with E-state index in [0.717, 1.165) is 39.7 Å². The predicted octanol–water partition coefficient (Wildman–Crippen LogP) is 4.85. The Morgan fingerprint density at radius 1 is 0.833 bits per heavy atom. The number of anilines is 1. The monoisotopic (exact) mass is 399 g/mol. The molecule has 152 valence electrons. The summed E-state index contributed by atoms with van der Waals surface area (Å²) in [6.45, 7) is 9.84. The van der Waals surface area contributed by atoms with Crippen molar-refractivity contribution in [1.29, 1.82) is 0 Å². The van der Waals surface area contributed by atoms with Gasteiger partial charge in [-0.05, 0) is 64.4 Å². The zero-order chi connectivity index (χ0) is 21.4. The Morgan fingerprint density at radius 3 is 2.27 bits per heavy atom. The fourth-order valence-corrected chi connectivity index (χ4v) is 3.59. The van der Waals surface area contributed by atoms with E-state index in [-0.39, 0.29) is 5.91 Å². The van der Waals surface area contributed by atoms with E-state index in [9.17, 15) is 4.79 Å². The molecule has 0 aliphatic carbocycles. The molecule has 0 fully saturated rings. The fraction of sp³-hybridized carbons (Fsp3) is 0.208. The van der Waals surface area contributed by atoms with E-state index in [1.807, 2.05) is 80.9 Å². The van der Waals surface area contributed by atoms with Crippen LogP contribution < -0.4 is 5.32 Å². The van der Waals surface area contributed by atoms with Crippen molar-refractivity contribution >= 4 is 11.6 Å². The number of nitrogens with zero attached hydrogens (tertiary/aromatic N) is 4. The SMILES string of the molecule is Cc1ccc(-n2nc(C)c(NC(=O)c3cnn(-c4cccc(C)c4)c3C)c2C)cc1. The van der Waals surface area contributed by atoms with Crippen LogP contribution in [0.15, 0.2) is 54.7 Å². The van der Waals surface area contributed by atoms with E-state index >= 15 is 0 Å². The van der Waals surface area contributed by atoms with Crippen molar-refractivity contribution in [3.63, 3.8) is 0 Å². The van der Waals surface area contributed by atoms with Crippen molar-refractivity contribution in [3.8, 4) is 11.4 Å². The molecular formula is C24H25N5O. The third-order valence-electron chi connectivity index (χ3n) is 5.31. The van der Waals surface area contributed by atoms with E-state index in [1.54, 1.807) is 10.9 Å². The number of benzene rings is 2. The van der Waals surface area contributed by atoms with Gasteiger partial charge in [0.15, 0.2) is 0 Å². The summed E-state index contributed by atoms with van der Waals surface area (Å²) in [4.78, 5) is 13.0. The number of rotatable bonds is 4. The van der Waals surface area contributed by atoms with Crippen molar-refractivity contribution in [2.75, 3.05) is 5.32 Å². The van der Waals surface area contributed by atoms with Gasteiger partial charge in [-0.2, -0.15) is 10.2 Å². The van der Waals surface area contributed by atoms with Gasteiger partial charge in [0.2, 0.25) is 0 Å². The molecule has 1 N–H and O–H groups in total. The van der Waals surface area contributed by atoms with Crippen molar-refractivity contribution in [2.24, 2.45) is 0 Å². The second kappa shape index (κ2) is 7.63. The largest absolute Gasteiger partial charge is 0.319 e. The summed E-state index contributed by atoms with van der Waals surface area (Å²) in [7, 11) is 0. The van der Waals surface area contributed by atoms with Crippen LogP contribution in [0.2, 0.25) is 0 Å². The summed E-state index contributed by atoms with van der Waals surface area (Å²) < 4.78 is 3.64. The van der Waals surface area contributed by atoms with Crippen LogP contribution >= 0.6 is 0 Å². The molecule has 6 nitrogen and oxygen atoms in total. The number of hydrogen-bond acceptors (Lipinski definition) is 3. The Balaban J connectivity index is 1.63. The molecule has 1 amide bonds. The minimum absolute atomic E-state index is 0.193. The highest BCUT2D eigenvalue weighted by atomic mass is 16.1. The number of nitrogens with one attached hydrogen (secondary N) is 1. The number of carbonyl (C=O) groups is 1. The predicted molar refractivity (Wildman–Crippen MR) is 119 cm³/mol. The molecule has 4 aromatic rings. The minimum Gasteiger partial charge on any atom is -0.319 e. The van der Waals surface area contributed by atoms with Gasteiger partial charge in [-0.15, -0.1) is 0 Å². The van der Waals surface area contributed by atoms with Gasteiger partial charge >= 0.3 is 0 Å². The fourth-order valence-electron chi connectivity index (χ4n) is 3.59. The molecule has 4 rings (SSSR count). The van der Waals surface area contributed by atoms with E-state index in [1.165, 1.54) is 5.56 Å². The molecule has 30 heavy (non-hydrogen) atoms. The summed E-state index contributed by atoms with van der Waals surface area (Å²) >= 11 is 0. The summed E-state index contributed by atoms with van der Waals surface area (Å²) in [6.07, 6.45) is 1.61. The third kappa shape index (κ3) is 3.52. The van der Waals surface area contributed by atoms with Gasteiger partial charge in [0.05, 0.1) is 45.9 Å². The second-order valence-electron chi connectivity index (χ2n) is 7.64. The van der Waals surface area contributed by atoms with Crippen molar-refractivity contribution in [1.82, 2.24) is 19.6 Å². The number of carbonyl (C=O) groups excluding carboxylic acids is 1. The lowest BCUT2D eigenvalue weighted by Gasteiger charge is -2.08. The summed E-state index contributed by atoms with van der Waals surface area (Å²) in [5, 5.41) is 12.1. The van der Waals surface area contributed by atoms with Gasteiger partial charge in [-0.1, -0.05) is 29.8 Å². The zero-order valence-corrected chi connectivity index (χ0v) is 17.9. The quantitative estimate of drug-likeness (QED) is 0.533. The van der Waals surface area contributed by atoms with Gasteiger partial charge in [0.1, 0.15) is 0 Å². The maximum atomic E-state index is 13.0. The lowest BCUT2D eigenvalue weighted by Crippen LogP contribution is -2.14. The Labute approximate surface area is 176 Å². The second-order valence-corrected chi connectivity index (χ2v) is 7.64. The van der Waals surface area contributed by atoms with E-state index in [2.05, 4.69) is 22.4 Å². The van der Waals surface area contributed by atoms with E-state index in [4.69, 9.17) is 0 Å². The van der Waals surface area contributed by atoms with Crippen molar-refractivity contribution in [3.05, 3.63) is 88.5 Å². The summed E-state index contributed by atoms with van der Waals surface area (Å²) in [6, 6.07) is 16.2. The molecule has 0 aliphatic rings. The molecule has 0 unspecified atom stereocenters. The first-order chi connectivity index (χ1) is 14.3.